The molecule has 2 aliphatic rings. The van der Waals surface area contributed by atoms with E-state index in [2.05, 4.69) is 23.6 Å². The topological polar surface area (TPSA) is 26.7 Å². The zero-order valence-corrected chi connectivity index (χ0v) is 14.3. The van der Waals surface area contributed by atoms with Crippen LogP contribution in [-0.4, -0.2) is 59.8 Å². The predicted molar refractivity (Wildman–Crippen MR) is 89.6 cm³/mol. The number of hydrogen-bond donors (Lipinski definition) is 1. The molecule has 1 unspecified atom stereocenters. The molecule has 0 amide bonds. The maximum absolute atomic E-state index is 9.41. The quantitative estimate of drug-likeness (QED) is 0.763. The molecule has 0 spiro atoms. The molecule has 0 bridgehead atoms. The second-order valence-corrected chi connectivity index (χ2v) is 7.52. The Morgan fingerprint density at radius 1 is 1.05 bits per heavy atom. The molecule has 1 aliphatic heterocycles. The highest BCUT2D eigenvalue weighted by Gasteiger charge is 2.30. The Bertz CT molecular complexity index is 274. The van der Waals surface area contributed by atoms with E-state index in [9.17, 15) is 5.11 Å². The number of hydrogen-bond acceptors (Lipinski definition) is 3. The van der Waals surface area contributed by atoms with Crippen LogP contribution in [0.4, 0.5) is 0 Å². The van der Waals surface area contributed by atoms with Crippen molar-refractivity contribution in [3.05, 3.63) is 0 Å². The summed E-state index contributed by atoms with van der Waals surface area (Å²) in [5.74, 6) is 0.777. The Labute approximate surface area is 131 Å². The van der Waals surface area contributed by atoms with Gasteiger partial charge in [0.2, 0.25) is 0 Å². The van der Waals surface area contributed by atoms with Crippen molar-refractivity contribution < 1.29 is 5.11 Å². The van der Waals surface area contributed by atoms with Gasteiger partial charge in [0, 0.05) is 38.3 Å². The molecule has 1 atom stereocenters. The van der Waals surface area contributed by atoms with Gasteiger partial charge in [-0.25, -0.2) is 0 Å². The Morgan fingerprint density at radius 2 is 1.76 bits per heavy atom. The van der Waals surface area contributed by atoms with Gasteiger partial charge in [0.1, 0.15) is 0 Å². The minimum Gasteiger partial charge on any atom is -0.396 e. The molecule has 2 fully saturated rings. The van der Waals surface area contributed by atoms with E-state index in [0.29, 0.717) is 12.6 Å². The highest BCUT2D eigenvalue weighted by Crippen LogP contribution is 2.25. The van der Waals surface area contributed by atoms with Gasteiger partial charge >= 0.3 is 0 Å². The lowest BCUT2D eigenvalue weighted by Gasteiger charge is -2.44. The molecule has 0 radical (unpaired) electrons. The van der Waals surface area contributed by atoms with Gasteiger partial charge in [-0.1, -0.05) is 39.5 Å². The van der Waals surface area contributed by atoms with Crippen LogP contribution in [0.25, 0.3) is 0 Å². The molecular weight excluding hydrogens is 260 g/mol. The molecule has 0 aromatic carbocycles. The third-order valence-corrected chi connectivity index (χ3v) is 5.43. The molecular formula is C18H36N2O. The first-order chi connectivity index (χ1) is 10.2. The van der Waals surface area contributed by atoms with Crippen LogP contribution >= 0.6 is 0 Å². The molecule has 1 saturated carbocycles. The zero-order valence-electron chi connectivity index (χ0n) is 14.3. The third-order valence-electron chi connectivity index (χ3n) is 5.43. The van der Waals surface area contributed by atoms with Gasteiger partial charge in [0.25, 0.3) is 0 Å². The summed E-state index contributed by atoms with van der Waals surface area (Å²) < 4.78 is 0. The highest BCUT2D eigenvalue weighted by molar-refractivity contribution is 4.86. The fourth-order valence-electron chi connectivity index (χ4n) is 4.01. The van der Waals surface area contributed by atoms with E-state index in [0.717, 1.165) is 18.4 Å². The number of rotatable bonds is 6. The fraction of sp³-hybridized carbons (Fsp3) is 1.00. The number of nitrogens with zero attached hydrogens (tertiary/aromatic N) is 2. The first-order valence-electron chi connectivity index (χ1n) is 9.29. The molecule has 1 heterocycles. The Kier molecular flexibility index (Phi) is 7.48. The summed E-state index contributed by atoms with van der Waals surface area (Å²) in [7, 11) is 0. The van der Waals surface area contributed by atoms with Crippen LogP contribution in [0.15, 0.2) is 0 Å². The lowest BCUT2D eigenvalue weighted by Crippen LogP contribution is -2.56. The lowest BCUT2D eigenvalue weighted by atomic mass is 10.0. The maximum Gasteiger partial charge on any atom is 0.0446 e. The van der Waals surface area contributed by atoms with Gasteiger partial charge in [-0.05, 0) is 38.1 Å². The minimum absolute atomic E-state index is 0.335. The van der Waals surface area contributed by atoms with Gasteiger partial charge in [0.05, 0.1) is 0 Å². The van der Waals surface area contributed by atoms with Crippen molar-refractivity contribution in [2.45, 2.75) is 77.3 Å². The maximum atomic E-state index is 9.41. The first-order valence-corrected chi connectivity index (χ1v) is 9.29. The molecule has 1 saturated heterocycles. The molecule has 21 heavy (non-hydrogen) atoms. The van der Waals surface area contributed by atoms with Crippen molar-refractivity contribution in [2.24, 2.45) is 5.92 Å². The molecule has 2 rings (SSSR count). The van der Waals surface area contributed by atoms with Crippen LogP contribution in [0.1, 0.15) is 65.2 Å². The molecule has 1 aliphatic carbocycles. The van der Waals surface area contributed by atoms with Crippen LogP contribution in [0.2, 0.25) is 0 Å². The summed E-state index contributed by atoms with van der Waals surface area (Å²) in [4.78, 5) is 5.39. The van der Waals surface area contributed by atoms with Crippen molar-refractivity contribution in [2.75, 3.05) is 32.8 Å². The Morgan fingerprint density at radius 3 is 2.38 bits per heavy atom. The van der Waals surface area contributed by atoms with E-state index >= 15 is 0 Å². The summed E-state index contributed by atoms with van der Waals surface area (Å²) in [6, 6.07) is 1.40. The van der Waals surface area contributed by atoms with Crippen molar-refractivity contribution >= 4 is 0 Å². The Balaban J connectivity index is 1.87. The summed E-state index contributed by atoms with van der Waals surface area (Å²) in [5.41, 5.74) is 0. The second kappa shape index (κ2) is 9.12. The largest absolute Gasteiger partial charge is 0.396 e. The highest BCUT2D eigenvalue weighted by atomic mass is 16.3. The van der Waals surface area contributed by atoms with Crippen LogP contribution in [-0.2, 0) is 0 Å². The average Bonchev–Trinajstić information content (AvgIpc) is 2.75. The van der Waals surface area contributed by atoms with E-state index in [4.69, 9.17) is 0 Å². The summed E-state index contributed by atoms with van der Waals surface area (Å²) in [5, 5.41) is 9.41. The number of aliphatic hydroxyl groups is 1. The molecule has 3 heteroatoms. The van der Waals surface area contributed by atoms with Gasteiger partial charge in [-0.3, -0.25) is 9.80 Å². The van der Waals surface area contributed by atoms with Gasteiger partial charge in [-0.15, -0.1) is 0 Å². The van der Waals surface area contributed by atoms with E-state index in [1.807, 2.05) is 0 Å². The van der Waals surface area contributed by atoms with Crippen molar-refractivity contribution in [1.82, 2.24) is 9.80 Å². The van der Waals surface area contributed by atoms with Gasteiger partial charge in [0.15, 0.2) is 0 Å². The average molecular weight is 296 g/mol. The van der Waals surface area contributed by atoms with E-state index < -0.39 is 0 Å². The summed E-state index contributed by atoms with van der Waals surface area (Å²) in [6.45, 7) is 9.79. The van der Waals surface area contributed by atoms with E-state index in [1.165, 1.54) is 71.1 Å². The molecule has 3 nitrogen and oxygen atoms in total. The first kappa shape index (κ1) is 17.2. The van der Waals surface area contributed by atoms with Gasteiger partial charge < -0.3 is 5.11 Å². The summed E-state index contributed by atoms with van der Waals surface area (Å²) >= 11 is 0. The zero-order chi connectivity index (χ0) is 15.1. The SMILES string of the molecule is CC(C)CCN1CCN(C2CCCCCC2)CC1CCO. The molecule has 124 valence electrons. The standard InChI is InChI=1S/C18H36N2O/c1-16(2)9-11-19-12-13-20(15-18(19)10-14-21)17-7-5-3-4-6-8-17/h16-18,21H,3-15H2,1-2H3. The van der Waals surface area contributed by atoms with Crippen LogP contribution < -0.4 is 0 Å². The second-order valence-electron chi connectivity index (χ2n) is 7.52. The molecule has 1 N–H and O–H groups in total. The van der Waals surface area contributed by atoms with E-state index in [1.54, 1.807) is 0 Å². The predicted octanol–water partition coefficient (Wildman–Crippen LogP) is 3.12. The third kappa shape index (κ3) is 5.54. The van der Waals surface area contributed by atoms with Crippen molar-refractivity contribution in [3.8, 4) is 0 Å². The van der Waals surface area contributed by atoms with Crippen molar-refractivity contribution in [3.63, 3.8) is 0 Å². The monoisotopic (exact) mass is 296 g/mol. The number of piperazine rings is 1. The minimum atomic E-state index is 0.335. The normalized spacial score (nSPS) is 27.1. The molecule has 0 aromatic rings. The Hall–Kier alpha value is -0.120. The lowest BCUT2D eigenvalue weighted by molar-refractivity contribution is 0.0299. The van der Waals surface area contributed by atoms with Crippen LogP contribution in [0.5, 0.6) is 0 Å². The van der Waals surface area contributed by atoms with Crippen LogP contribution in [0.3, 0.4) is 0 Å². The fourth-order valence-corrected chi connectivity index (χ4v) is 4.01. The summed E-state index contributed by atoms with van der Waals surface area (Å²) in [6.07, 6.45) is 10.7. The van der Waals surface area contributed by atoms with E-state index in [-0.39, 0.29) is 0 Å². The molecule has 0 aromatic heterocycles. The van der Waals surface area contributed by atoms with Gasteiger partial charge in [-0.2, -0.15) is 0 Å². The smallest absolute Gasteiger partial charge is 0.0446 e. The van der Waals surface area contributed by atoms with Crippen LogP contribution in [0, 0.1) is 5.92 Å². The van der Waals surface area contributed by atoms with Crippen molar-refractivity contribution in [1.29, 1.82) is 0 Å². The number of aliphatic hydroxyl groups excluding tert-OH is 1.